The molecular formula is C12H20O5. The van der Waals surface area contributed by atoms with Gasteiger partial charge in [0.2, 0.25) is 0 Å². The summed E-state index contributed by atoms with van der Waals surface area (Å²) in [5.74, 6) is -0.384. The second-order valence-corrected chi connectivity index (χ2v) is 4.92. The van der Waals surface area contributed by atoms with Crippen molar-refractivity contribution >= 4 is 5.97 Å². The van der Waals surface area contributed by atoms with Crippen LogP contribution in [0.5, 0.6) is 0 Å². The summed E-state index contributed by atoms with van der Waals surface area (Å²) in [6, 6.07) is 0. The molecule has 2 unspecified atom stereocenters. The van der Waals surface area contributed by atoms with Gasteiger partial charge in [0.05, 0.1) is 20.3 Å². The Balaban J connectivity index is 2.27. The Morgan fingerprint density at radius 2 is 1.82 bits per heavy atom. The van der Waals surface area contributed by atoms with Crippen LogP contribution >= 0.6 is 0 Å². The summed E-state index contributed by atoms with van der Waals surface area (Å²) >= 11 is 0. The van der Waals surface area contributed by atoms with E-state index in [4.69, 9.17) is 14.2 Å². The fourth-order valence-electron chi connectivity index (χ4n) is 2.87. The van der Waals surface area contributed by atoms with Gasteiger partial charge in [-0.3, -0.25) is 4.79 Å². The van der Waals surface area contributed by atoms with Gasteiger partial charge in [-0.25, -0.2) is 0 Å². The number of carbonyl (C=O) groups is 1. The van der Waals surface area contributed by atoms with Crippen LogP contribution in [-0.4, -0.2) is 50.2 Å². The van der Waals surface area contributed by atoms with Crippen molar-refractivity contribution in [2.75, 3.05) is 33.5 Å². The van der Waals surface area contributed by atoms with E-state index in [2.05, 4.69) is 0 Å². The lowest BCUT2D eigenvalue weighted by Crippen LogP contribution is -2.61. The molecule has 2 fully saturated rings. The van der Waals surface area contributed by atoms with Crippen LogP contribution in [0.25, 0.3) is 0 Å². The highest BCUT2D eigenvalue weighted by Crippen LogP contribution is 2.44. The molecule has 2 saturated heterocycles. The van der Waals surface area contributed by atoms with E-state index in [9.17, 15) is 9.90 Å². The molecule has 0 aliphatic carbocycles. The Morgan fingerprint density at radius 3 is 2.29 bits per heavy atom. The first-order valence-corrected chi connectivity index (χ1v) is 6.11. The largest absolute Gasteiger partial charge is 0.468 e. The van der Waals surface area contributed by atoms with Crippen LogP contribution in [0, 0.1) is 5.41 Å². The third-order valence-corrected chi connectivity index (χ3v) is 3.93. The zero-order valence-corrected chi connectivity index (χ0v) is 10.2. The number of carbonyl (C=O) groups excluding carboxylic acids is 1. The molecular weight excluding hydrogens is 224 g/mol. The number of rotatable bonds is 2. The van der Waals surface area contributed by atoms with Crippen LogP contribution in [0.1, 0.15) is 25.7 Å². The molecule has 0 aromatic rings. The van der Waals surface area contributed by atoms with E-state index < -0.39 is 11.0 Å². The molecule has 5 nitrogen and oxygen atoms in total. The number of aliphatic hydroxyl groups is 1. The Morgan fingerprint density at radius 1 is 1.18 bits per heavy atom. The number of hydrogen-bond acceptors (Lipinski definition) is 5. The van der Waals surface area contributed by atoms with Gasteiger partial charge in [-0.2, -0.15) is 0 Å². The van der Waals surface area contributed by atoms with E-state index >= 15 is 0 Å². The molecule has 0 aromatic heterocycles. The molecule has 2 rings (SSSR count). The second-order valence-electron chi connectivity index (χ2n) is 4.92. The normalized spacial score (nSPS) is 38.7. The molecule has 2 heterocycles. The van der Waals surface area contributed by atoms with Crippen molar-refractivity contribution in [3.63, 3.8) is 0 Å². The lowest BCUT2D eigenvalue weighted by atomic mass is 9.66. The maximum atomic E-state index is 12.1. The molecule has 2 atom stereocenters. The SMILES string of the molecule is COC(=O)C1(C2(O)CCCOC2)CCCOC1. The topological polar surface area (TPSA) is 65.0 Å². The average Bonchev–Trinajstić information content (AvgIpc) is 2.39. The molecule has 0 amide bonds. The standard InChI is InChI=1S/C12H20O5/c1-15-10(13)11(4-2-6-16-8-11)12(14)5-3-7-17-9-12/h14H,2-9H2,1H3. The van der Waals surface area contributed by atoms with Crippen molar-refractivity contribution in [2.24, 2.45) is 5.41 Å². The number of ether oxygens (including phenoxy) is 3. The predicted octanol–water partition coefficient (Wildman–Crippen LogP) is 0.498. The maximum Gasteiger partial charge on any atom is 0.317 e. The molecule has 0 aromatic carbocycles. The minimum Gasteiger partial charge on any atom is -0.468 e. The summed E-state index contributed by atoms with van der Waals surface area (Å²) in [7, 11) is 1.35. The van der Waals surface area contributed by atoms with Gasteiger partial charge in [0, 0.05) is 13.2 Å². The smallest absolute Gasteiger partial charge is 0.317 e. The minimum atomic E-state index is -1.15. The lowest BCUT2D eigenvalue weighted by molar-refractivity contribution is -0.215. The number of esters is 1. The first-order chi connectivity index (χ1) is 8.15. The number of methoxy groups -OCH3 is 1. The van der Waals surface area contributed by atoms with E-state index in [0.29, 0.717) is 26.1 Å². The monoisotopic (exact) mass is 244 g/mol. The van der Waals surface area contributed by atoms with Crippen molar-refractivity contribution in [3.05, 3.63) is 0 Å². The molecule has 0 saturated carbocycles. The summed E-state index contributed by atoms with van der Waals surface area (Å²) in [6.07, 6.45) is 2.68. The van der Waals surface area contributed by atoms with E-state index in [1.165, 1.54) is 7.11 Å². The molecule has 0 radical (unpaired) electrons. The Bertz CT molecular complexity index is 277. The van der Waals surface area contributed by atoms with E-state index in [1.807, 2.05) is 0 Å². The molecule has 0 spiro atoms. The van der Waals surface area contributed by atoms with Gasteiger partial charge in [0.15, 0.2) is 0 Å². The van der Waals surface area contributed by atoms with Crippen molar-refractivity contribution in [3.8, 4) is 0 Å². The lowest BCUT2D eigenvalue weighted by Gasteiger charge is -2.48. The van der Waals surface area contributed by atoms with Crippen molar-refractivity contribution in [1.29, 1.82) is 0 Å². The molecule has 1 N–H and O–H groups in total. The number of hydrogen-bond donors (Lipinski definition) is 1. The minimum absolute atomic E-state index is 0.186. The zero-order chi connectivity index (χ0) is 12.4. The van der Waals surface area contributed by atoms with Crippen LogP contribution in [0.15, 0.2) is 0 Å². The van der Waals surface area contributed by atoms with Gasteiger partial charge in [0.1, 0.15) is 11.0 Å². The fourth-order valence-corrected chi connectivity index (χ4v) is 2.87. The highest BCUT2D eigenvalue weighted by molar-refractivity contribution is 5.78. The van der Waals surface area contributed by atoms with Crippen LogP contribution < -0.4 is 0 Å². The molecule has 2 aliphatic heterocycles. The molecule has 0 bridgehead atoms. The van der Waals surface area contributed by atoms with E-state index in [0.717, 1.165) is 12.8 Å². The quantitative estimate of drug-likeness (QED) is 0.716. The van der Waals surface area contributed by atoms with Gasteiger partial charge in [0.25, 0.3) is 0 Å². The molecule has 5 heteroatoms. The highest BCUT2D eigenvalue weighted by atomic mass is 16.5. The van der Waals surface area contributed by atoms with Crippen LogP contribution in [-0.2, 0) is 19.0 Å². The van der Waals surface area contributed by atoms with Crippen molar-refractivity contribution in [2.45, 2.75) is 31.3 Å². The Labute approximate surface area is 101 Å². The van der Waals surface area contributed by atoms with Crippen LogP contribution in [0.4, 0.5) is 0 Å². The maximum absolute atomic E-state index is 12.1. The summed E-state index contributed by atoms with van der Waals surface area (Å²) in [5.41, 5.74) is -2.11. The Hall–Kier alpha value is -0.650. The first kappa shape index (κ1) is 12.8. The molecule has 98 valence electrons. The molecule has 17 heavy (non-hydrogen) atoms. The average molecular weight is 244 g/mol. The van der Waals surface area contributed by atoms with Crippen LogP contribution in [0.2, 0.25) is 0 Å². The third kappa shape index (κ3) is 2.07. The second kappa shape index (κ2) is 4.92. The summed E-state index contributed by atoms with van der Waals surface area (Å²) in [6.45, 7) is 1.68. The fraction of sp³-hybridized carbons (Fsp3) is 0.917. The van der Waals surface area contributed by atoms with E-state index in [1.54, 1.807) is 0 Å². The molecule has 2 aliphatic rings. The van der Waals surface area contributed by atoms with Crippen molar-refractivity contribution < 1.29 is 24.1 Å². The summed E-state index contributed by atoms with van der Waals surface area (Å²) in [5, 5.41) is 10.7. The van der Waals surface area contributed by atoms with Gasteiger partial charge in [-0.15, -0.1) is 0 Å². The zero-order valence-electron chi connectivity index (χ0n) is 10.2. The summed E-state index contributed by atoms with van der Waals surface area (Å²) < 4.78 is 15.6. The Kier molecular flexibility index (Phi) is 3.70. The first-order valence-electron chi connectivity index (χ1n) is 6.11. The predicted molar refractivity (Wildman–Crippen MR) is 59.5 cm³/mol. The van der Waals surface area contributed by atoms with Gasteiger partial charge >= 0.3 is 5.97 Å². The summed E-state index contributed by atoms with van der Waals surface area (Å²) in [4.78, 5) is 12.1. The highest BCUT2D eigenvalue weighted by Gasteiger charge is 2.58. The van der Waals surface area contributed by atoms with Gasteiger partial charge in [-0.1, -0.05) is 0 Å². The van der Waals surface area contributed by atoms with Gasteiger partial charge in [-0.05, 0) is 25.7 Å². The van der Waals surface area contributed by atoms with Crippen LogP contribution in [0.3, 0.4) is 0 Å². The third-order valence-electron chi connectivity index (χ3n) is 3.93. The van der Waals surface area contributed by atoms with Crippen molar-refractivity contribution in [1.82, 2.24) is 0 Å². The van der Waals surface area contributed by atoms with E-state index in [-0.39, 0.29) is 19.2 Å². The van der Waals surface area contributed by atoms with Gasteiger partial charge < -0.3 is 19.3 Å².